The fourth-order valence-electron chi connectivity index (χ4n) is 2.17. The summed E-state index contributed by atoms with van der Waals surface area (Å²) in [6.45, 7) is 3.33. The molecule has 1 aromatic rings. The summed E-state index contributed by atoms with van der Waals surface area (Å²) in [6.07, 6.45) is 1.47. The lowest BCUT2D eigenvalue weighted by Gasteiger charge is -2.24. The number of aryl methyl sites for hydroxylation is 1. The molecule has 24 heavy (non-hydrogen) atoms. The second-order valence-corrected chi connectivity index (χ2v) is 5.18. The van der Waals surface area contributed by atoms with Gasteiger partial charge in [-0.05, 0) is 44.0 Å². The molecule has 5 amide bonds. The molecular weight excluding hydrogens is 314 g/mol. The third kappa shape index (κ3) is 5.01. The highest BCUT2D eigenvalue weighted by Gasteiger charge is 2.23. The zero-order valence-electron chi connectivity index (χ0n) is 13.4. The molecule has 0 bridgehead atoms. The molecule has 0 saturated heterocycles. The maximum absolute atomic E-state index is 12.5. The zero-order valence-corrected chi connectivity index (χ0v) is 13.4. The van der Waals surface area contributed by atoms with Gasteiger partial charge in [0.2, 0.25) is 25.1 Å². The number of benzene rings is 1. The van der Waals surface area contributed by atoms with E-state index < -0.39 is 17.9 Å². The van der Waals surface area contributed by atoms with Crippen LogP contribution in [0, 0.1) is 6.92 Å². The monoisotopic (exact) mass is 333 g/mol. The highest BCUT2D eigenvalue weighted by molar-refractivity contribution is 6.01. The average molecular weight is 333 g/mol. The zero-order chi connectivity index (χ0) is 18.1. The molecule has 0 fully saturated rings. The number of carbonyl (C=O) groups is 5. The van der Waals surface area contributed by atoms with Crippen LogP contribution in [-0.2, 0) is 19.2 Å². The second kappa shape index (κ2) is 9.19. The Labute approximate surface area is 139 Å². The van der Waals surface area contributed by atoms with E-state index in [0.29, 0.717) is 29.6 Å². The number of imide groups is 2. The van der Waals surface area contributed by atoms with E-state index in [-0.39, 0.29) is 19.3 Å². The van der Waals surface area contributed by atoms with Gasteiger partial charge in [-0.3, -0.25) is 34.2 Å². The predicted octanol–water partition coefficient (Wildman–Crippen LogP) is 0.603. The third-order valence-electron chi connectivity index (χ3n) is 3.51. The van der Waals surface area contributed by atoms with Crippen molar-refractivity contribution < 1.29 is 24.0 Å². The first-order valence-corrected chi connectivity index (χ1v) is 7.26. The molecule has 1 rings (SSSR count). The fourth-order valence-corrected chi connectivity index (χ4v) is 2.17. The van der Waals surface area contributed by atoms with Gasteiger partial charge in [-0.15, -0.1) is 0 Å². The Morgan fingerprint density at radius 1 is 1.21 bits per heavy atom. The minimum atomic E-state index is -0.514. The Hall–Kier alpha value is -3.03. The number of rotatable bonds is 9. The third-order valence-corrected chi connectivity index (χ3v) is 3.51. The van der Waals surface area contributed by atoms with E-state index in [1.165, 1.54) is 6.07 Å². The van der Waals surface area contributed by atoms with Crippen LogP contribution in [0.25, 0.3) is 0 Å². The van der Waals surface area contributed by atoms with Crippen LogP contribution in [-0.4, -0.2) is 42.0 Å². The number of nitrogens with zero attached hydrogens (tertiary/aromatic N) is 1. The first-order chi connectivity index (χ1) is 11.4. The van der Waals surface area contributed by atoms with Gasteiger partial charge >= 0.3 is 0 Å². The molecule has 0 aromatic heterocycles. The van der Waals surface area contributed by atoms with Gasteiger partial charge in [0.05, 0.1) is 0 Å². The SMILES string of the molecule is Cc1cc(NC=O)ccc1C(=O)N(C=O)C(C)CCC(=O)NC=O. The summed E-state index contributed by atoms with van der Waals surface area (Å²) in [5, 5.41) is 4.48. The van der Waals surface area contributed by atoms with Gasteiger partial charge < -0.3 is 5.32 Å². The van der Waals surface area contributed by atoms with Crippen LogP contribution in [0.15, 0.2) is 18.2 Å². The fraction of sp³-hybridized carbons (Fsp3) is 0.312. The van der Waals surface area contributed by atoms with Crippen molar-refractivity contribution in [2.45, 2.75) is 32.7 Å². The maximum Gasteiger partial charge on any atom is 0.260 e. The lowest BCUT2D eigenvalue weighted by Crippen LogP contribution is -2.38. The van der Waals surface area contributed by atoms with Gasteiger partial charge in [0.25, 0.3) is 5.91 Å². The van der Waals surface area contributed by atoms with Crippen LogP contribution in [0.3, 0.4) is 0 Å². The largest absolute Gasteiger partial charge is 0.329 e. The molecule has 0 heterocycles. The van der Waals surface area contributed by atoms with Gasteiger partial charge in [-0.2, -0.15) is 0 Å². The van der Waals surface area contributed by atoms with Crippen molar-refractivity contribution in [3.05, 3.63) is 29.3 Å². The van der Waals surface area contributed by atoms with E-state index in [4.69, 9.17) is 0 Å². The lowest BCUT2D eigenvalue weighted by molar-refractivity contribution is -0.126. The Morgan fingerprint density at radius 2 is 1.92 bits per heavy atom. The maximum atomic E-state index is 12.5. The number of nitrogens with one attached hydrogen (secondary N) is 2. The van der Waals surface area contributed by atoms with Crippen molar-refractivity contribution in [2.24, 2.45) is 0 Å². The van der Waals surface area contributed by atoms with E-state index in [9.17, 15) is 24.0 Å². The van der Waals surface area contributed by atoms with Crippen molar-refractivity contribution in [1.82, 2.24) is 10.2 Å². The van der Waals surface area contributed by atoms with Gasteiger partial charge in [0, 0.05) is 23.7 Å². The number of amides is 5. The molecule has 0 aliphatic heterocycles. The van der Waals surface area contributed by atoms with Gasteiger partial charge in [0.1, 0.15) is 0 Å². The van der Waals surface area contributed by atoms with Gasteiger partial charge in [0.15, 0.2) is 0 Å². The first kappa shape index (κ1) is 19.0. The van der Waals surface area contributed by atoms with Crippen LogP contribution in [0.1, 0.15) is 35.7 Å². The number of hydrogen-bond acceptors (Lipinski definition) is 5. The molecule has 1 unspecified atom stereocenters. The van der Waals surface area contributed by atoms with E-state index in [2.05, 4.69) is 5.32 Å². The van der Waals surface area contributed by atoms with Crippen LogP contribution in [0.2, 0.25) is 0 Å². The molecular formula is C16H19N3O5. The average Bonchev–Trinajstić information content (AvgIpc) is 2.54. The molecule has 2 N–H and O–H groups in total. The summed E-state index contributed by atoms with van der Waals surface area (Å²) in [5.41, 5.74) is 1.46. The van der Waals surface area contributed by atoms with Crippen LogP contribution in [0.4, 0.5) is 5.69 Å². The Balaban J connectivity index is 2.85. The molecule has 8 heteroatoms. The number of anilines is 1. The molecule has 8 nitrogen and oxygen atoms in total. The van der Waals surface area contributed by atoms with Crippen LogP contribution >= 0.6 is 0 Å². The van der Waals surface area contributed by atoms with Crippen molar-refractivity contribution in [3.63, 3.8) is 0 Å². The van der Waals surface area contributed by atoms with Crippen molar-refractivity contribution in [2.75, 3.05) is 5.32 Å². The van der Waals surface area contributed by atoms with Crippen LogP contribution < -0.4 is 10.6 Å². The van der Waals surface area contributed by atoms with Crippen molar-refractivity contribution in [1.29, 1.82) is 0 Å². The predicted molar refractivity (Wildman–Crippen MR) is 86.0 cm³/mol. The highest BCUT2D eigenvalue weighted by Crippen LogP contribution is 2.18. The topological polar surface area (TPSA) is 113 Å². The summed E-state index contributed by atoms with van der Waals surface area (Å²) in [5.74, 6) is -0.973. The second-order valence-electron chi connectivity index (χ2n) is 5.18. The molecule has 128 valence electrons. The Morgan fingerprint density at radius 3 is 2.46 bits per heavy atom. The normalized spacial score (nSPS) is 11.1. The summed E-state index contributed by atoms with van der Waals surface area (Å²) >= 11 is 0. The quantitative estimate of drug-likeness (QED) is 0.643. The number of hydrogen-bond donors (Lipinski definition) is 2. The van der Waals surface area contributed by atoms with Gasteiger partial charge in [-0.1, -0.05) is 0 Å². The summed E-state index contributed by atoms with van der Waals surface area (Å²) in [7, 11) is 0. The molecule has 0 spiro atoms. The van der Waals surface area contributed by atoms with E-state index in [1.54, 1.807) is 26.0 Å². The van der Waals surface area contributed by atoms with E-state index in [1.807, 2.05) is 5.32 Å². The number of carbonyl (C=O) groups excluding carboxylic acids is 5. The standard InChI is InChI=1S/C16H19N3O5/c1-11-7-13(17-8-20)4-5-14(11)16(24)19(10-22)12(2)3-6-15(23)18-9-21/h4-5,7-10,12H,3,6H2,1-2H3,(H,17,20)(H,18,21,23). The summed E-state index contributed by atoms with van der Waals surface area (Å²) in [6, 6.07) is 4.18. The smallest absolute Gasteiger partial charge is 0.260 e. The van der Waals surface area contributed by atoms with E-state index >= 15 is 0 Å². The molecule has 0 aliphatic rings. The van der Waals surface area contributed by atoms with Gasteiger partial charge in [-0.25, -0.2) is 0 Å². The Bertz CT molecular complexity index is 645. The molecule has 0 aliphatic carbocycles. The first-order valence-electron chi connectivity index (χ1n) is 7.26. The minimum Gasteiger partial charge on any atom is -0.329 e. The van der Waals surface area contributed by atoms with Crippen molar-refractivity contribution >= 4 is 36.7 Å². The Kier molecular flexibility index (Phi) is 7.28. The van der Waals surface area contributed by atoms with E-state index in [0.717, 1.165) is 4.90 Å². The molecule has 0 saturated carbocycles. The molecule has 1 aromatic carbocycles. The van der Waals surface area contributed by atoms with Crippen LogP contribution in [0.5, 0.6) is 0 Å². The molecule has 0 radical (unpaired) electrons. The summed E-state index contributed by atoms with van der Waals surface area (Å²) in [4.78, 5) is 56.7. The van der Waals surface area contributed by atoms with Crippen molar-refractivity contribution in [3.8, 4) is 0 Å². The lowest BCUT2D eigenvalue weighted by atomic mass is 10.0. The highest BCUT2D eigenvalue weighted by atomic mass is 16.2. The minimum absolute atomic E-state index is 0.0126. The molecule has 1 atom stereocenters. The summed E-state index contributed by atoms with van der Waals surface area (Å²) < 4.78 is 0.